The normalized spacial score (nSPS) is 10.7. The molecule has 0 aliphatic rings. The van der Waals surface area contributed by atoms with E-state index in [1.165, 1.54) is 11.5 Å². The van der Waals surface area contributed by atoms with E-state index in [9.17, 15) is 0 Å². The minimum Gasteiger partial charge on any atom is -0.464 e. The molecule has 0 fully saturated rings. The number of hydrogen-bond acceptors (Lipinski definition) is 5. The average molecular weight is 237 g/mol. The Morgan fingerprint density at radius 2 is 2.25 bits per heavy atom. The Kier molecular flexibility index (Phi) is 3.24. The molecule has 2 heterocycles. The summed E-state index contributed by atoms with van der Waals surface area (Å²) in [6, 6.07) is 3.97. The minimum absolute atomic E-state index is 0.728. The predicted octanol–water partition coefficient (Wildman–Crippen LogP) is 2.64. The molecule has 0 spiro atoms. The van der Waals surface area contributed by atoms with Crippen molar-refractivity contribution in [2.45, 2.75) is 26.8 Å². The van der Waals surface area contributed by atoms with Crippen molar-refractivity contribution in [2.24, 2.45) is 0 Å². The van der Waals surface area contributed by atoms with Crippen LogP contribution in [0.4, 0.5) is 5.13 Å². The number of nitrogens with zero attached hydrogens (tertiary/aromatic N) is 3. The summed E-state index contributed by atoms with van der Waals surface area (Å²) in [7, 11) is 2.00. The van der Waals surface area contributed by atoms with Gasteiger partial charge in [-0.05, 0) is 19.1 Å². The fraction of sp³-hybridized carbons (Fsp3) is 0.455. The van der Waals surface area contributed by atoms with E-state index in [2.05, 4.69) is 21.2 Å². The predicted molar refractivity (Wildman–Crippen MR) is 64.8 cm³/mol. The van der Waals surface area contributed by atoms with Gasteiger partial charge in [-0.3, -0.25) is 0 Å². The molecule has 0 N–H and O–H groups in total. The zero-order valence-electron chi connectivity index (χ0n) is 9.73. The molecule has 2 aromatic heterocycles. The Morgan fingerprint density at radius 1 is 1.44 bits per heavy atom. The van der Waals surface area contributed by atoms with Crippen molar-refractivity contribution in [2.75, 3.05) is 11.9 Å². The number of aryl methyl sites for hydroxylation is 2. The van der Waals surface area contributed by atoms with Gasteiger partial charge in [0.05, 0.1) is 6.54 Å². The molecule has 4 nitrogen and oxygen atoms in total. The minimum atomic E-state index is 0.728. The van der Waals surface area contributed by atoms with E-state index in [4.69, 9.17) is 4.42 Å². The molecule has 0 unspecified atom stereocenters. The van der Waals surface area contributed by atoms with Crippen molar-refractivity contribution in [3.8, 4) is 0 Å². The van der Waals surface area contributed by atoms with Crippen LogP contribution in [-0.4, -0.2) is 16.4 Å². The van der Waals surface area contributed by atoms with Crippen LogP contribution in [-0.2, 0) is 13.0 Å². The zero-order chi connectivity index (χ0) is 11.5. The van der Waals surface area contributed by atoms with Gasteiger partial charge < -0.3 is 9.32 Å². The van der Waals surface area contributed by atoms with Crippen LogP contribution in [0.5, 0.6) is 0 Å². The highest BCUT2D eigenvalue weighted by molar-refractivity contribution is 7.09. The Morgan fingerprint density at radius 3 is 2.81 bits per heavy atom. The molecule has 0 saturated heterocycles. The molecule has 5 heteroatoms. The fourth-order valence-corrected chi connectivity index (χ4v) is 2.12. The summed E-state index contributed by atoms with van der Waals surface area (Å²) < 4.78 is 9.78. The lowest BCUT2D eigenvalue weighted by Crippen LogP contribution is -2.15. The van der Waals surface area contributed by atoms with E-state index < -0.39 is 0 Å². The Labute approximate surface area is 99.1 Å². The third-order valence-corrected chi connectivity index (χ3v) is 3.16. The number of aromatic nitrogens is 2. The molecule has 86 valence electrons. The summed E-state index contributed by atoms with van der Waals surface area (Å²) in [5.74, 6) is 2.80. The fourth-order valence-electron chi connectivity index (χ4n) is 1.41. The molecule has 0 saturated carbocycles. The molecule has 0 aliphatic heterocycles. The topological polar surface area (TPSA) is 42.2 Å². The maximum Gasteiger partial charge on any atom is 0.205 e. The van der Waals surface area contributed by atoms with Crippen LogP contribution in [0, 0.1) is 6.92 Å². The van der Waals surface area contributed by atoms with Gasteiger partial charge in [0.2, 0.25) is 5.13 Å². The number of furan rings is 1. The van der Waals surface area contributed by atoms with Gasteiger partial charge in [0.1, 0.15) is 17.3 Å². The van der Waals surface area contributed by atoms with Gasteiger partial charge in [0, 0.05) is 25.0 Å². The van der Waals surface area contributed by atoms with E-state index in [-0.39, 0.29) is 0 Å². The lowest BCUT2D eigenvalue weighted by atomic mass is 10.4. The summed E-state index contributed by atoms with van der Waals surface area (Å²) in [6.45, 7) is 4.73. The maximum atomic E-state index is 5.52. The van der Waals surface area contributed by atoms with Gasteiger partial charge >= 0.3 is 0 Å². The Hall–Kier alpha value is -1.36. The van der Waals surface area contributed by atoms with Gasteiger partial charge in [-0.2, -0.15) is 4.37 Å². The molecule has 2 rings (SSSR count). The largest absolute Gasteiger partial charge is 0.464 e. The first-order valence-electron chi connectivity index (χ1n) is 5.28. The summed E-state index contributed by atoms with van der Waals surface area (Å²) >= 11 is 1.43. The molecule has 16 heavy (non-hydrogen) atoms. The van der Waals surface area contributed by atoms with Gasteiger partial charge in [0.25, 0.3) is 0 Å². The van der Waals surface area contributed by atoms with Crippen LogP contribution in [0.15, 0.2) is 16.5 Å². The van der Waals surface area contributed by atoms with Crippen molar-refractivity contribution in [1.29, 1.82) is 0 Å². The summed E-state index contributed by atoms with van der Waals surface area (Å²) in [5.41, 5.74) is 0. The van der Waals surface area contributed by atoms with E-state index >= 15 is 0 Å². The molecule has 0 atom stereocenters. The Bertz CT molecular complexity index is 463. The van der Waals surface area contributed by atoms with Gasteiger partial charge in [-0.1, -0.05) is 6.92 Å². The van der Waals surface area contributed by atoms with Crippen molar-refractivity contribution in [1.82, 2.24) is 9.36 Å². The lowest BCUT2D eigenvalue weighted by molar-refractivity contribution is 0.481. The van der Waals surface area contributed by atoms with Crippen LogP contribution < -0.4 is 4.90 Å². The first-order valence-corrected chi connectivity index (χ1v) is 6.05. The zero-order valence-corrected chi connectivity index (χ0v) is 10.5. The van der Waals surface area contributed by atoms with Crippen molar-refractivity contribution < 1.29 is 4.42 Å². The van der Waals surface area contributed by atoms with Crippen LogP contribution in [0.25, 0.3) is 0 Å². The average Bonchev–Trinajstić information content (AvgIpc) is 2.87. The standard InChI is InChI=1S/C11H15N3OS/c1-4-10-12-11(16-13-10)14(3)7-9-6-5-8(2)15-9/h5-6H,4,7H2,1-3H3. The quantitative estimate of drug-likeness (QED) is 0.819. The molecule has 0 aromatic carbocycles. The van der Waals surface area contributed by atoms with Gasteiger partial charge in [-0.15, -0.1) is 0 Å². The highest BCUT2D eigenvalue weighted by Gasteiger charge is 2.09. The summed E-state index contributed by atoms with van der Waals surface area (Å²) in [5, 5.41) is 0.936. The number of hydrogen-bond donors (Lipinski definition) is 0. The molecule has 0 bridgehead atoms. The highest BCUT2D eigenvalue weighted by atomic mass is 32.1. The van der Waals surface area contributed by atoms with Crippen LogP contribution in [0.2, 0.25) is 0 Å². The lowest BCUT2D eigenvalue weighted by Gasteiger charge is -2.12. The van der Waals surface area contributed by atoms with Crippen LogP contribution >= 0.6 is 11.5 Å². The second-order valence-corrected chi connectivity index (χ2v) is 4.45. The second-order valence-electron chi connectivity index (χ2n) is 3.72. The Balaban J connectivity index is 2.05. The number of rotatable bonds is 4. The van der Waals surface area contributed by atoms with Crippen LogP contribution in [0.3, 0.4) is 0 Å². The van der Waals surface area contributed by atoms with E-state index in [1.54, 1.807) is 0 Å². The molecule has 2 aromatic rings. The molecular weight excluding hydrogens is 222 g/mol. The van der Waals surface area contributed by atoms with Crippen molar-refractivity contribution >= 4 is 16.7 Å². The highest BCUT2D eigenvalue weighted by Crippen LogP contribution is 2.19. The summed E-state index contributed by atoms with van der Waals surface area (Å²) in [6.07, 6.45) is 0.879. The van der Waals surface area contributed by atoms with E-state index in [1.807, 2.05) is 26.1 Å². The monoisotopic (exact) mass is 237 g/mol. The van der Waals surface area contributed by atoms with E-state index in [0.29, 0.717) is 0 Å². The number of anilines is 1. The third-order valence-electron chi connectivity index (χ3n) is 2.29. The van der Waals surface area contributed by atoms with E-state index in [0.717, 1.165) is 35.4 Å². The van der Waals surface area contributed by atoms with Gasteiger partial charge in [0.15, 0.2) is 0 Å². The van der Waals surface area contributed by atoms with Crippen molar-refractivity contribution in [3.63, 3.8) is 0 Å². The van der Waals surface area contributed by atoms with Crippen molar-refractivity contribution in [3.05, 3.63) is 29.5 Å². The molecule has 0 aliphatic carbocycles. The first-order chi connectivity index (χ1) is 7.69. The second kappa shape index (κ2) is 4.65. The third kappa shape index (κ3) is 2.41. The smallest absolute Gasteiger partial charge is 0.205 e. The maximum absolute atomic E-state index is 5.52. The molecule has 0 amide bonds. The first kappa shape index (κ1) is 11.1. The molecular formula is C11H15N3OS. The summed E-state index contributed by atoms with van der Waals surface area (Å²) in [4.78, 5) is 6.47. The SMILES string of the molecule is CCc1nsc(N(C)Cc2ccc(C)o2)n1. The molecule has 0 radical (unpaired) electrons. The van der Waals surface area contributed by atoms with Gasteiger partial charge in [-0.25, -0.2) is 4.98 Å². The van der Waals surface area contributed by atoms with Crippen LogP contribution in [0.1, 0.15) is 24.3 Å².